The summed E-state index contributed by atoms with van der Waals surface area (Å²) in [6.45, 7) is 4.44. The van der Waals surface area contributed by atoms with Crippen LogP contribution in [0.25, 0.3) is 0 Å². The van der Waals surface area contributed by atoms with Crippen molar-refractivity contribution in [1.82, 2.24) is 0 Å². The van der Waals surface area contributed by atoms with Crippen molar-refractivity contribution in [3.63, 3.8) is 0 Å². The molecule has 27 heavy (non-hydrogen) atoms. The number of rotatable bonds is 3. The predicted molar refractivity (Wildman–Crippen MR) is 94.3 cm³/mol. The molecule has 140 valence electrons. The third kappa shape index (κ3) is 3.46. The summed E-state index contributed by atoms with van der Waals surface area (Å²) in [5.41, 5.74) is 0.155. The molecule has 3 aromatic carbocycles. The summed E-state index contributed by atoms with van der Waals surface area (Å²) in [7, 11) is 0. The summed E-state index contributed by atoms with van der Waals surface area (Å²) < 4.78 is 72.3. The van der Waals surface area contributed by atoms with Gasteiger partial charge in [-0.25, -0.2) is 22.0 Å². The predicted octanol–water partition coefficient (Wildman–Crippen LogP) is 6.49. The fourth-order valence-electron chi connectivity index (χ4n) is 3.15. The third-order valence-corrected chi connectivity index (χ3v) is 4.66. The van der Waals surface area contributed by atoms with Crippen molar-refractivity contribution in [2.24, 2.45) is 0 Å². The van der Waals surface area contributed by atoms with E-state index in [0.29, 0.717) is 11.1 Å². The van der Waals surface area contributed by atoms with Crippen molar-refractivity contribution >= 4 is 0 Å². The fraction of sp³-hybridized carbons (Fsp3) is 0.182. The molecule has 0 radical (unpaired) electrons. The van der Waals surface area contributed by atoms with Crippen LogP contribution in [0.4, 0.5) is 22.0 Å². The van der Waals surface area contributed by atoms with Crippen molar-refractivity contribution in [3.05, 3.63) is 105 Å². The molecule has 0 fully saturated rings. The van der Waals surface area contributed by atoms with Gasteiger partial charge >= 0.3 is 0 Å². The quantitative estimate of drug-likeness (QED) is 0.279. The normalized spacial score (nSPS) is 12.3. The maximum atomic E-state index is 14.7. The van der Waals surface area contributed by atoms with Gasteiger partial charge in [-0.1, -0.05) is 24.3 Å². The van der Waals surface area contributed by atoms with E-state index in [-0.39, 0.29) is 16.7 Å². The second-order valence-electron chi connectivity index (χ2n) is 6.68. The average molecular weight is 376 g/mol. The number of hydrogen-bond donors (Lipinski definition) is 0. The zero-order valence-electron chi connectivity index (χ0n) is 15.0. The van der Waals surface area contributed by atoms with E-state index in [0.717, 1.165) is 12.1 Å². The molecule has 0 saturated heterocycles. The summed E-state index contributed by atoms with van der Waals surface area (Å²) in [6.07, 6.45) is 0. The molecule has 0 aromatic heterocycles. The Balaban J connectivity index is 2.35. The molecule has 0 saturated carbocycles. The first-order valence-corrected chi connectivity index (χ1v) is 8.36. The lowest BCUT2D eigenvalue weighted by Crippen LogP contribution is -2.13. The van der Waals surface area contributed by atoms with Crippen LogP contribution in [0.1, 0.15) is 39.3 Å². The fourth-order valence-corrected chi connectivity index (χ4v) is 3.15. The topological polar surface area (TPSA) is 0 Å². The maximum absolute atomic E-state index is 14.7. The molecule has 0 aliphatic carbocycles. The Hall–Kier alpha value is -2.69. The van der Waals surface area contributed by atoms with Crippen molar-refractivity contribution < 1.29 is 22.0 Å². The Morgan fingerprint density at radius 3 is 1.96 bits per heavy atom. The van der Waals surface area contributed by atoms with Crippen molar-refractivity contribution in [3.8, 4) is 0 Å². The van der Waals surface area contributed by atoms with Crippen LogP contribution in [0.3, 0.4) is 0 Å². The van der Waals surface area contributed by atoms with Crippen molar-refractivity contribution in [1.29, 1.82) is 0 Å². The summed E-state index contributed by atoms with van der Waals surface area (Å²) in [6, 6.07) is 9.02. The highest BCUT2D eigenvalue weighted by molar-refractivity contribution is 5.47. The van der Waals surface area contributed by atoms with Crippen LogP contribution in [0.5, 0.6) is 0 Å². The van der Waals surface area contributed by atoms with Crippen LogP contribution in [0.15, 0.2) is 42.5 Å². The highest BCUT2D eigenvalue weighted by atomic mass is 19.2. The molecular formula is C22H17F5. The lowest BCUT2D eigenvalue weighted by Gasteiger charge is -2.22. The van der Waals surface area contributed by atoms with E-state index in [4.69, 9.17) is 0 Å². The first-order chi connectivity index (χ1) is 12.7. The van der Waals surface area contributed by atoms with Crippen LogP contribution >= 0.6 is 0 Å². The minimum Gasteiger partial charge on any atom is -0.207 e. The van der Waals surface area contributed by atoms with Crippen molar-refractivity contribution in [2.45, 2.75) is 26.7 Å². The Kier molecular flexibility index (Phi) is 5.05. The van der Waals surface area contributed by atoms with E-state index in [2.05, 4.69) is 0 Å². The molecule has 3 aromatic rings. The van der Waals surface area contributed by atoms with E-state index >= 15 is 0 Å². The molecule has 1 unspecified atom stereocenters. The third-order valence-electron chi connectivity index (χ3n) is 4.66. The van der Waals surface area contributed by atoms with Crippen molar-refractivity contribution in [2.75, 3.05) is 0 Å². The highest BCUT2D eigenvalue weighted by Crippen LogP contribution is 2.38. The molecule has 0 N–H and O–H groups in total. The van der Waals surface area contributed by atoms with Gasteiger partial charge in [0.15, 0.2) is 11.6 Å². The molecule has 0 heterocycles. The second kappa shape index (κ2) is 7.14. The first-order valence-electron chi connectivity index (χ1n) is 8.36. The average Bonchev–Trinajstić information content (AvgIpc) is 2.60. The Morgan fingerprint density at radius 2 is 1.33 bits per heavy atom. The van der Waals surface area contributed by atoms with Gasteiger partial charge in [0.1, 0.15) is 17.5 Å². The number of halogens is 5. The molecule has 0 amide bonds. The standard InChI is InChI=1S/C22H17F5/c1-11-4-7-15(17(24)8-11)19(14-6-5-12(2)16(23)10-14)20-18(25)9-13(3)21(26)22(20)27/h4-10,19H,1-3H3. The van der Waals surface area contributed by atoms with Gasteiger partial charge in [0, 0.05) is 11.5 Å². The van der Waals surface area contributed by atoms with Crippen LogP contribution in [-0.2, 0) is 0 Å². The van der Waals surface area contributed by atoms with Gasteiger partial charge in [0.2, 0.25) is 0 Å². The van der Waals surface area contributed by atoms with Crippen LogP contribution in [-0.4, -0.2) is 0 Å². The van der Waals surface area contributed by atoms with Gasteiger partial charge < -0.3 is 0 Å². The van der Waals surface area contributed by atoms with E-state index in [1.54, 1.807) is 13.0 Å². The SMILES string of the molecule is Cc1ccc(C(c2ccc(C)c(F)c2)c2c(F)cc(C)c(F)c2F)c(F)c1. The molecule has 5 heteroatoms. The molecular weight excluding hydrogens is 359 g/mol. The minimum absolute atomic E-state index is 0.0649. The summed E-state index contributed by atoms with van der Waals surface area (Å²) in [5.74, 6) is -6.28. The van der Waals surface area contributed by atoms with E-state index in [1.165, 1.54) is 38.1 Å². The molecule has 0 bridgehead atoms. The highest BCUT2D eigenvalue weighted by Gasteiger charge is 2.29. The Labute approximate surface area is 154 Å². The zero-order valence-corrected chi connectivity index (χ0v) is 15.0. The van der Waals surface area contributed by atoms with Crippen LogP contribution in [0, 0.1) is 49.9 Å². The Bertz CT molecular complexity index is 1020. The minimum atomic E-state index is -1.40. The number of hydrogen-bond acceptors (Lipinski definition) is 0. The van der Waals surface area contributed by atoms with Crippen LogP contribution in [0.2, 0.25) is 0 Å². The summed E-state index contributed by atoms with van der Waals surface area (Å²) >= 11 is 0. The van der Waals surface area contributed by atoms with Gasteiger partial charge in [-0.05, 0) is 66.8 Å². The molecule has 0 nitrogen and oxygen atoms in total. The molecule has 1 atom stereocenters. The summed E-state index contributed by atoms with van der Waals surface area (Å²) in [5, 5.41) is 0. The molecule has 3 rings (SSSR count). The summed E-state index contributed by atoms with van der Waals surface area (Å²) in [4.78, 5) is 0. The van der Waals surface area contributed by atoms with Gasteiger partial charge in [0.25, 0.3) is 0 Å². The monoisotopic (exact) mass is 376 g/mol. The first kappa shape index (κ1) is 19.1. The van der Waals surface area contributed by atoms with Gasteiger partial charge in [-0.3, -0.25) is 0 Å². The lowest BCUT2D eigenvalue weighted by molar-refractivity contribution is 0.470. The number of aryl methyl sites for hydroxylation is 3. The zero-order chi connectivity index (χ0) is 19.9. The van der Waals surface area contributed by atoms with Crippen LogP contribution < -0.4 is 0 Å². The molecule has 0 spiro atoms. The lowest BCUT2D eigenvalue weighted by atomic mass is 9.83. The Morgan fingerprint density at radius 1 is 0.630 bits per heavy atom. The number of benzene rings is 3. The van der Waals surface area contributed by atoms with E-state index in [9.17, 15) is 22.0 Å². The van der Waals surface area contributed by atoms with Gasteiger partial charge in [-0.2, -0.15) is 0 Å². The van der Waals surface area contributed by atoms with Gasteiger partial charge in [-0.15, -0.1) is 0 Å². The van der Waals surface area contributed by atoms with Gasteiger partial charge in [0.05, 0.1) is 0 Å². The second-order valence-corrected chi connectivity index (χ2v) is 6.68. The van der Waals surface area contributed by atoms with E-state index < -0.39 is 40.6 Å². The maximum Gasteiger partial charge on any atom is 0.166 e. The smallest absolute Gasteiger partial charge is 0.166 e. The largest absolute Gasteiger partial charge is 0.207 e. The van der Waals surface area contributed by atoms with E-state index in [1.807, 2.05) is 0 Å². The molecule has 0 aliphatic heterocycles. The molecule has 0 aliphatic rings.